The van der Waals surface area contributed by atoms with Crippen LogP contribution in [0.5, 0.6) is 5.75 Å². The maximum Gasteiger partial charge on any atom is 0.232 e. The maximum absolute atomic E-state index is 13.9. The van der Waals surface area contributed by atoms with Crippen LogP contribution in [0.4, 0.5) is 22.0 Å². The third-order valence-electron chi connectivity index (χ3n) is 3.53. The Morgan fingerprint density at radius 3 is 2.63 bits per heavy atom. The van der Waals surface area contributed by atoms with E-state index in [1.807, 2.05) is 36.4 Å². The molecule has 1 heterocycles. The number of methoxy groups -OCH3 is 1. The Morgan fingerprint density at radius 1 is 1.19 bits per heavy atom. The molecule has 0 aliphatic carbocycles. The van der Waals surface area contributed by atoms with Crippen LogP contribution in [0.25, 0.3) is 11.6 Å². The van der Waals surface area contributed by atoms with Gasteiger partial charge in [-0.3, -0.25) is 0 Å². The molecule has 1 aromatic heterocycles. The fourth-order valence-corrected chi connectivity index (χ4v) is 2.31. The molecule has 3 N–H and O–H groups in total. The lowest BCUT2D eigenvalue weighted by molar-refractivity contribution is 0.386. The zero-order valence-electron chi connectivity index (χ0n) is 14.3. The number of ether oxygens (including phenoxy) is 1. The van der Waals surface area contributed by atoms with Crippen LogP contribution in [0.15, 0.2) is 48.5 Å². The third-order valence-corrected chi connectivity index (χ3v) is 3.53. The Bertz CT molecular complexity index is 1030. The molecule has 7 nitrogen and oxygen atoms in total. The molecule has 0 bridgehead atoms. The largest absolute Gasteiger partial charge is 0.494 e. The smallest absolute Gasteiger partial charge is 0.232 e. The van der Waals surface area contributed by atoms with Gasteiger partial charge in [0.1, 0.15) is 6.07 Å². The molecule has 3 rings (SSSR count). The van der Waals surface area contributed by atoms with E-state index in [4.69, 9.17) is 10.5 Å². The number of nitrogen functional groups attached to an aromatic ring is 1. The van der Waals surface area contributed by atoms with Crippen LogP contribution in [0.2, 0.25) is 0 Å². The van der Waals surface area contributed by atoms with Gasteiger partial charge in [0.15, 0.2) is 17.4 Å². The number of para-hydroxylation sites is 1. The second-order valence-corrected chi connectivity index (χ2v) is 5.40. The summed E-state index contributed by atoms with van der Waals surface area (Å²) in [5.74, 6) is -0.180. The molecule has 8 heteroatoms. The summed E-state index contributed by atoms with van der Waals surface area (Å²) in [4.78, 5) is 12.3. The molecular weight excluding hydrogens is 347 g/mol. The zero-order valence-corrected chi connectivity index (χ0v) is 14.3. The number of nitrogens with zero attached hydrogens (tertiary/aromatic N) is 4. The molecule has 134 valence electrons. The number of halogens is 1. The number of rotatable bonds is 5. The first-order chi connectivity index (χ1) is 13.1. The van der Waals surface area contributed by atoms with Crippen molar-refractivity contribution in [1.29, 1.82) is 5.26 Å². The van der Waals surface area contributed by atoms with Crippen LogP contribution < -0.4 is 15.8 Å². The van der Waals surface area contributed by atoms with Gasteiger partial charge in [0.25, 0.3) is 0 Å². The topological polar surface area (TPSA) is 110 Å². The average Bonchev–Trinajstić information content (AvgIpc) is 2.66. The molecular formula is C19H15FN6O. The van der Waals surface area contributed by atoms with Gasteiger partial charge in [0, 0.05) is 5.69 Å². The van der Waals surface area contributed by atoms with Gasteiger partial charge >= 0.3 is 0 Å². The number of allylic oxidation sites excluding steroid dienone is 1. The summed E-state index contributed by atoms with van der Waals surface area (Å²) in [6.07, 6.45) is 1.46. The molecule has 0 unspecified atom stereocenters. The van der Waals surface area contributed by atoms with E-state index in [9.17, 15) is 9.65 Å². The molecule has 0 aliphatic heterocycles. The van der Waals surface area contributed by atoms with E-state index in [-0.39, 0.29) is 29.0 Å². The molecule has 0 saturated heterocycles. The van der Waals surface area contributed by atoms with E-state index in [1.54, 1.807) is 6.07 Å². The number of hydrogen-bond donors (Lipinski definition) is 2. The Balaban J connectivity index is 1.95. The fraction of sp³-hybridized carbons (Fsp3) is 0.0526. The van der Waals surface area contributed by atoms with Gasteiger partial charge in [-0.25, -0.2) is 4.39 Å². The first kappa shape index (κ1) is 17.8. The highest BCUT2D eigenvalue weighted by Crippen LogP contribution is 2.22. The first-order valence-electron chi connectivity index (χ1n) is 7.88. The second kappa shape index (κ2) is 7.93. The van der Waals surface area contributed by atoms with E-state index >= 15 is 0 Å². The van der Waals surface area contributed by atoms with Gasteiger partial charge in [-0.2, -0.15) is 20.2 Å². The quantitative estimate of drug-likeness (QED) is 0.669. The number of anilines is 3. The third kappa shape index (κ3) is 4.35. The van der Waals surface area contributed by atoms with Gasteiger partial charge in [-0.1, -0.05) is 24.3 Å². The van der Waals surface area contributed by atoms with Crippen molar-refractivity contribution >= 4 is 29.2 Å². The average molecular weight is 362 g/mol. The van der Waals surface area contributed by atoms with Gasteiger partial charge < -0.3 is 15.8 Å². The lowest BCUT2D eigenvalue weighted by Gasteiger charge is -2.07. The van der Waals surface area contributed by atoms with Crippen LogP contribution >= 0.6 is 0 Å². The molecule has 0 amide bonds. The number of nitriles is 1. The fourth-order valence-electron chi connectivity index (χ4n) is 2.31. The van der Waals surface area contributed by atoms with Crippen LogP contribution in [0, 0.1) is 17.1 Å². The summed E-state index contributed by atoms with van der Waals surface area (Å²) in [5.41, 5.74) is 7.08. The van der Waals surface area contributed by atoms with E-state index in [0.29, 0.717) is 5.56 Å². The summed E-state index contributed by atoms with van der Waals surface area (Å²) < 4.78 is 18.8. The molecule has 27 heavy (non-hydrogen) atoms. The van der Waals surface area contributed by atoms with Gasteiger partial charge in [0.05, 0.1) is 12.7 Å². The van der Waals surface area contributed by atoms with E-state index < -0.39 is 5.82 Å². The molecule has 0 spiro atoms. The zero-order chi connectivity index (χ0) is 19.2. The van der Waals surface area contributed by atoms with Gasteiger partial charge in [-0.05, 0) is 35.9 Å². The second-order valence-electron chi connectivity index (χ2n) is 5.40. The SMILES string of the molecule is COc1ccc(/C=C(\C#N)c2nc(N)nc(Nc3ccccc3)n2)cc1F. The maximum atomic E-state index is 13.9. The van der Waals surface area contributed by atoms with Gasteiger partial charge in [-0.15, -0.1) is 0 Å². The number of benzene rings is 2. The minimum atomic E-state index is -0.537. The number of aromatic nitrogens is 3. The molecule has 0 fully saturated rings. The number of hydrogen-bond acceptors (Lipinski definition) is 7. The van der Waals surface area contributed by atoms with Crippen molar-refractivity contribution < 1.29 is 9.13 Å². The molecule has 0 atom stereocenters. The van der Waals surface area contributed by atoms with Crippen molar-refractivity contribution in [1.82, 2.24) is 15.0 Å². The Kier molecular flexibility index (Phi) is 5.23. The number of nitrogens with two attached hydrogens (primary N) is 1. The van der Waals surface area contributed by atoms with Crippen LogP contribution in [-0.2, 0) is 0 Å². The van der Waals surface area contributed by atoms with Crippen LogP contribution in [0.1, 0.15) is 11.4 Å². The van der Waals surface area contributed by atoms with Crippen molar-refractivity contribution in [2.45, 2.75) is 0 Å². The lowest BCUT2D eigenvalue weighted by Crippen LogP contribution is -2.06. The molecule has 2 aromatic carbocycles. The van der Waals surface area contributed by atoms with Crippen molar-refractivity contribution in [2.24, 2.45) is 0 Å². The van der Waals surface area contributed by atoms with Crippen molar-refractivity contribution in [3.63, 3.8) is 0 Å². The highest BCUT2D eigenvalue weighted by molar-refractivity contribution is 5.87. The standard InChI is InChI=1S/C19H15FN6O/c1-27-16-8-7-12(10-15(16)20)9-13(11-21)17-24-18(22)26-19(25-17)23-14-5-3-2-4-6-14/h2-10H,1H3,(H3,22,23,24,25,26)/b13-9+. The summed E-state index contributed by atoms with van der Waals surface area (Å²) >= 11 is 0. The molecule has 0 aliphatic rings. The van der Waals surface area contributed by atoms with Crippen molar-refractivity contribution in [3.05, 3.63) is 65.7 Å². The number of nitrogens with one attached hydrogen (secondary N) is 1. The highest BCUT2D eigenvalue weighted by atomic mass is 19.1. The molecule has 0 saturated carbocycles. The predicted molar refractivity (Wildman–Crippen MR) is 100 cm³/mol. The van der Waals surface area contributed by atoms with Gasteiger partial charge in [0.2, 0.25) is 11.9 Å². The lowest BCUT2D eigenvalue weighted by atomic mass is 10.1. The Morgan fingerprint density at radius 2 is 1.96 bits per heavy atom. The van der Waals surface area contributed by atoms with Crippen LogP contribution in [-0.4, -0.2) is 22.1 Å². The molecule has 3 aromatic rings. The minimum absolute atomic E-state index is 0.0412. The first-order valence-corrected chi connectivity index (χ1v) is 7.88. The van der Waals surface area contributed by atoms with Crippen molar-refractivity contribution in [2.75, 3.05) is 18.2 Å². The minimum Gasteiger partial charge on any atom is -0.494 e. The van der Waals surface area contributed by atoms with Crippen molar-refractivity contribution in [3.8, 4) is 11.8 Å². The summed E-state index contributed by atoms with van der Waals surface area (Å²) in [5, 5.41) is 12.5. The summed E-state index contributed by atoms with van der Waals surface area (Å²) in [6, 6.07) is 15.6. The Labute approximate surface area is 155 Å². The highest BCUT2D eigenvalue weighted by Gasteiger charge is 2.11. The normalized spacial score (nSPS) is 10.9. The summed E-state index contributed by atoms with van der Waals surface area (Å²) in [6.45, 7) is 0. The molecule has 0 radical (unpaired) electrons. The predicted octanol–water partition coefficient (Wildman–Crippen LogP) is 3.41. The monoisotopic (exact) mass is 362 g/mol. The van der Waals surface area contributed by atoms with Crippen LogP contribution in [0.3, 0.4) is 0 Å². The Hall–Kier alpha value is -3.99. The van der Waals surface area contributed by atoms with E-state index in [2.05, 4.69) is 20.3 Å². The van der Waals surface area contributed by atoms with E-state index in [0.717, 1.165) is 5.69 Å². The van der Waals surface area contributed by atoms with E-state index in [1.165, 1.54) is 25.3 Å². The summed E-state index contributed by atoms with van der Waals surface area (Å²) in [7, 11) is 1.38.